The molecule has 2 aromatic rings. The first-order valence-electron chi connectivity index (χ1n) is 9.26. The maximum Gasteiger partial charge on any atom is 0.338 e. The minimum atomic E-state index is -0.526. The largest absolute Gasteiger partial charge is 0.452 e. The fourth-order valence-corrected chi connectivity index (χ4v) is 2.38. The van der Waals surface area contributed by atoms with Crippen LogP contribution in [0.5, 0.6) is 0 Å². The summed E-state index contributed by atoms with van der Waals surface area (Å²) in [5.74, 6) is -0.867. The van der Waals surface area contributed by atoms with Crippen molar-refractivity contribution in [1.82, 2.24) is 5.32 Å². The van der Waals surface area contributed by atoms with Crippen LogP contribution in [-0.2, 0) is 27.4 Å². The second kappa shape index (κ2) is 10.5. The van der Waals surface area contributed by atoms with E-state index in [0.717, 1.165) is 16.8 Å². The van der Waals surface area contributed by atoms with Crippen LogP contribution in [0.1, 0.15) is 35.3 Å². The molecule has 0 bridgehead atoms. The van der Waals surface area contributed by atoms with E-state index in [1.54, 1.807) is 12.1 Å². The molecule has 6 heteroatoms. The lowest BCUT2D eigenvalue weighted by Crippen LogP contribution is -2.28. The van der Waals surface area contributed by atoms with E-state index in [1.807, 2.05) is 69.2 Å². The van der Waals surface area contributed by atoms with Gasteiger partial charge in [-0.2, -0.15) is 0 Å². The van der Waals surface area contributed by atoms with E-state index in [-0.39, 0.29) is 18.6 Å². The summed E-state index contributed by atoms with van der Waals surface area (Å²) in [5.41, 5.74) is 3.44. The van der Waals surface area contributed by atoms with Gasteiger partial charge >= 0.3 is 5.97 Å². The third kappa shape index (κ3) is 7.04. The molecule has 0 aliphatic carbocycles. The van der Waals surface area contributed by atoms with Gasteiger partial charge in [0.2, 0.25) is 0 Å². The number of ether oxygens (including phenoxy) is 2. The molecule has 0 atom stereocenters. The quantitative estimate of drug-likeness (QED) is 0.673. The second-order valence-electron chi connectivity index (χ2n) is 6.97. The fraction of sp³-hybridized carbons (Fsp3) is 0.364. The smallest absolute Gasteiger partial charge is 0.338 e. The SMILES string of the molecule is CC(C)OCc1ccc(C(=O)OCC(=O)NCc2ccc(N(C)C)cc2)cc1. The molecule has 0 saturated carbocycles. The molecule has 150 valence electrons. The van der Waals surface area contributed by atoms with Crippen molar-refractivity contribution in [2.75, 3.05) is 25.6 Å². The van der Waals surface area contributed by atoms with Gasteiger partial charge in [-0.05, 0) is 49.2 Å². The van der Waals surface area contributed by atoms with Gasteiger partial charge in [0.1, 0.15) is 0 Å². The number of esters is 1. The monoisotopic (exact) mass is 384 g/mol. The van der Waals surface area contributed by atoms with E-state index in [4.69, 9.17) is 9.47 Å². The average molecular weight is 384 g/mol. The number of benzene rings is 2. The van der Waals surface area contributed by atoms with Crippen molar-refractivity contribution in [2.24, 2.45) is 0 Å². The summed E-state index contributed by atoms with van der Waals surface area (Å²) in [4.78, 5) is 26.0. The minimum absolute atomic E-state index is 0.147. The number of carbonyl (C=O) groups excluding carboxylic acids is 2. The molecule has 2 rings (SSSR count). The highest BCUT2D eigenvalue weighted by molar-refractivity contribution is 5.91. The Morgan fingerprint density at radius 3 is 2.14 bits per heavy atom. The molecule has 2 aromatic carbocycles. The molecule has 0 spiro atoms. The number of nitrogens with zero attached hydrogens (tertiary/aromatic N) is 1. The lowest BCUT2D eigenvalue weighted by molar-refractivity contribution is -0.124. The van der Waals surface area contributed by atoms with E-state index in [9.17, 15) is 9.59 Å². The lowest BCUT2D eigenvalue weighted by Gasteiger charge is -2.13. The zero-order valence-corrected chi connectivity index (χ0v) is 16.9. The third-order valence-corrected chi connectivity index (χ3v) is 4.05. The second-order valence-corrected chi connectivity index (χ2v) is 6.97. The molecule has 28 heavy (non-hydrogen) atoms. The van der Waals surface area contributed by atoms with Crippen LogP contribution >= 0.6 is 0 Å². The Morgan fingerprint density at radius 2 is 1.57 bits per heavy atom. The zero-order valence-electron chi connectivity index (χ0n) is 16.9. The Kier molecular flexibility index (Phi) is 8.02. The standard InChI is InChI=1S/C22H28N2O4/c1-16(2)27-14-18-5-9-19(10-6-18)22(26)28-15-21(25)23-13-17-7-11-20(12-8-17)24(3)4/h5-12,16H,13-15H2,1-4H3,(H,23,25). The topological polar surface area (TPSA) is 67.9 Å². The number of nitrogens with one attached hydrogen (secondary N) is 1. The summed E-state index contributed by atoms with van der Waals surface area (Å²) >= 11 is 0. The molecule has 0 saturated heterocycles. The van der Waals surface area contributed by atoms with Crippen LogP contribution in [0.25, 0.3) is 0 Å². The van der Waals surface area contributed by atoms with Crippen molar-refractivity contribution >= 4 is 17.6 Å². The number of amides is 1. The molecule has 0 aliphatic rings. The van der Waals surface area contributed by atoms with Gasteiger partial charge in [0.25, 0.3) is 5.91 Å². The van der Waals surface area contributed by atoms with E-state index in [0.29, 0.717) is 18.7 Å². The number of hydrogen-bond donors (Lipinski definition) is 1. The number of hydrogen-bond acceptors (Lipinski definition) is 5. The van der Waals surface area contributed by atoms with Gasteiger partial charge in [-0.1, -0.05) is 24.3 Å². The molecule has 6 nitrogen and oxygen atoms in total. The molecule has 1 N–H and O–H groups in total. The van der Waals surface area contributed by atoms with Gasteiger partial charge in [-0.3, -0.25) is 4.79 Å². The van der Waals surface area contributed by atoms with Crippen LogP contribution in [0, 0.1) is 0 Å². The van der Waals surface area contributed by atoms with Crippen molar-refractivity contribution in [2.45, 2.75) is 33.1 Å². The highest BCUT2D eigenvalue weighted by Crippen LogP contribution is 2.12. The first-order chi connectivity index (χ1) is 13.3. The molecule has 0 heterocycles. The van der Waals surface area contributed by atoms with E-state index in [1.165, 1.54) is 0 Å². The van der Waals surface area contributed by atoms with Crippen molar-refractivity contribution in [3.8, 4) is 0 Å². The van der Waals surface area contributed by atoms with E-state index >= 15 is 0 Å². The highest BCUT2D eigenvalue weighted by atomic mass is 16.5. The van der Waals surface area contributed by atoms with Crippen molar-refractivity contribution in [3.63, 3.8) is 0 Å². The molecular formula is C22H28N2O4. The predicted octanol–water partition coefficient (Wildman–Crippen LogP) is 3.15. The summed E-state index contributed by atoms with van der Waals surface area (Å²) in [7, 11) is 3.94. The normalized spacial score (nSPS) is 10.6. The third-order valence-electron chi connectivity index (χ3n) is 4.05. The Labute approximate surface area is 166 Å². The Bertz CT molecular complexity index is 768. The van der Waals surface area contributed by atoms with Crippen LogP contribution in [0.4, 0.5) is 5.69 Å². The maximum atomic E-state index is 12.1. The Hall–Kier alpha value is -2.86. The van der Waals surface area contributed by atoms with Crippen LogP contribution in [0.15, 0.2) is 48.5 Å². The molecular weight excluding hydrogens is 356 g/mol. The lowest BCUT2D eigenvalue weighted by atomic mass is 10.1. The van der Waals surface area contributed by atoms with Gasteiger partial charge < -0.3 is 19.7 Å². The van der Waals surface area contributed by atoms with Crippen LogP contribution in [-0.4, -0.2) is 38.7 Å². The van der Waals surface area contributed by atoms with Gasteiger partial charge in [0.15, 0.2) is 6.61 Å². The van der Waals surface area contributed by atoms with Crippen molar-refractivity contribution in [3.05, 3.63) is 65.2 Å². The highest BCUT2D eigenvalue weighted by Gasteiger charge is 2.10. The summed E-state index contributed by atoms with van der Waals surface area (Å²) in [6, 6.07) is 14.8. The Morgan fingerprint density at radius 1 is 0.964 bits per heavy atom. The summed E-state index contributed by atoms with van der Waals surface area (Å²) in [6.07, 6.45) is 0.147. The van der Waals surface area contributed by atoms with Gasteiger partial charge in [-0.25, -0.2) is 4.79 Å². The van der Waals surface area contributed by atoms with Gasteiger partial charge in [0.05, 0.1) is 18.3 Å². The first-order valence-corrected chi connectivity index (χ1v) is 9.26. The van der Waals surface area contributed by atoms with Crippen molar-refractivity contribution in [1.29, 1.82) is 0 Å². The number of carbonyl (C=O) groups is 2. The summed E-state index contributed by atoms with van der Waals surface area (Å²) < 4.78 is 10.6. The molecule has 1 amide bonds. The molecule has 0 radical (unpaired) electrons. The number of rotatable bonds is 9. The average Bonchev–Trinajstić information content (AvgIpc) is 2.69. The summed E-state index contributed by atoms with van der Waals surface area (Å²) in [5, 5.41) is 2.74. The Balaban J connectivity index is 1.75. The summed E-state index contributed by atoms with van der Waals surface area (Å²) in [6.45, 7) is 4.50. The molecule has 0 unspecified atom stereocenters. The molecule has 0 aliphatic heterocycles. The first kappa shape index (κ1) is 21.4. The van der Waals surface area contributed by atoms with E-state index in [2.05, 4.69) is 5.32 Å². The van der Waals surface area contributed by atoms with Crippen LogP contribution in [0.3, 0.4) is 0 Å². The fourth-order valence-electron chi connectivity index (χ4n) is 2.38. The zero-order chi connectivity index (χ0) is 20.5. The number of anilines is 1. The van der Waals surface area contributed by atoms with E-state index < -0.39 is 5.97 Å². The van der Waals surface area contributed by atoms with Gasteiger partial charge in [-0.15, -0.1) is 0 Å². The maximum absolute atomic E-state index is 12.1. The minimum Gasteiger partial charge on any atom is -0.452 e. The van der Waals surface area contributed by atoms with Crippen LogP contribution in [0.2, 0.25) is 0 Å². The van der Waals surface area contributed by atoms with Crippen LogP contribution < -0.4 is 10.2 Å². The van der Waals surface area contributed by atoms with Crippen molar-refractivity contribution < 1.29 is 19.1 Å². The molecule has 0 aromatic heterocycles. The molecule has 0 fully saturated rings. The predicted molar refractivity (Wildman–Crippen MR) is 109 cm³/mol. The van der Waals surface area contributed by atoms with Gasteiger partial charge in [0, 0.05) is 26.3 Å².